The summed E-state index contributed by atoms with van der Waals surface area (Å²) in [7, 11) is -1.86. The Hall–Kier alpha value is -2.28. The molecule has 7 heteroatoms. The molecule has 0 aliphatic carbocycles. The highest BCUT2D eigenvalue weighted by Crippen LogP contribution is 2.13. The van der Waals surface area contributed by atoms with Gasteiger partial charge < -0.3 is 9.88 Å². The third-order valence-corrected chi connectivity index (χ3v) is 5.47. The predicted octanol–water partition coefficient (Wildman–Crippen LogP) is 2.18. The summed E-state index contributed by atoms with van der Waals surface area (Å²) in [6.45, 7) is 6.26. The molecule has 0 bridgehead atoms. The maximum absolute atomic E-state index is 12.1. The molecule has 0 atom stereocenters. The van der Waals surface area contributed by atoms with Gasteiger partial charge in [0.25, 0.3) is 10.0 Å². The third-order valence-electron chi connectivity index (χ3n) is 4.12. The lowest BCUT2D eigenvalue weighted by Gasteiger charge is -2.09. The lowest BCUT2D eigenvalue weighted by Crippen LogP contribution is -2.40. The van der Waals surface area contributed by atoms with Gasteiger partial charge in [-0.15, -0.1) is 0 Å². The van der Waals surface area contributed by atoms with Gasteiger partial charge in [0, 0.05) is 25.0 Å². The highest BCUT2D eigenvalue weighted by atomic mass is 32.2. The molecule has 0 fully saturated rings. The van der Waals surface area contributed by atoms with Gasteiger partial charge in [-0.3, -0.25) is 0 Å². The summed E-state index contributed by atoms with van der Waals surface area (Å²) in [5.74, 6) is 0. The second-order valence-corrected chi connectivity index (χ2v) is 7.56. The normalized spacial score (nSPS) is 11.3. The lowest BCUT2D eigenvalue weighted by atomic mass is 10.2. The molecule has 0 saturated heterocycles. The van der Waals surface area contributed by atoms with E-state index in [1.807, 2.05) is 32.5 Å². The molecular formula is C17H23N3O3S. The van der Waals surface area contributed by atoms with E-state index in [1.165, 1.54) is 12.1 Å². The number of hydrogen-bond donors (Lipinski definition) is 2. The predicted molar refractivity (Wildman–Crippen MR) is 93.5 cm³/mol. The number of carbonyl (C=O) groups excluding carboxylic acids is 1. The van der Waals surface area contributed by atoms with E-state index in [0.29, 0.717) is 13.0 Å². The zero-order chi connectivity index (χ0) is 17.9. The monoisotopic (exact) mass is 349 g/mol. The van der Waals surface area contributed by atoms with E-state index in [9.17, 15) is 13.2 Å². The zero-order valence-electron chi connectivity index (χ0n) is 14.4. The Morgan fingerprint density at radius 2 is 1.75 bits per heavy atom. The van der Waals surface area contributed by atoms with Crippen molar-refractivity contribution in [1.29, 1.82) is 0 Å². The number of hydrogen-bond acceptors (Lipinski definition) is 3. The van der Waals surface area contributed by atoms with Crippen molar-refractivity contribution >= 4 is 16.1 Å². The highest BCUT2D eigenvalue weighted by Gasteiger charge is 2.17. The molecule has 1 heterocycles. The van der Waals surface area contributed by atoms with Crippen molar-refractivity contribution in [1.82, 2.24) is 14.6 Å². The third kappa shape index (κ3) is 4.17. The first-order valence-corrected chi connectivity index (χ1v) is 9.18. The van der Waals surface area contributed by atoms with Crippen LogP contribution in [0.1, 0.15) is 22.5 Å². The van der Waals surface area contributed by atoms with Crippen LogP contribution < -0.4 is 10.0 Å². The molecule has 130 valence electrons. The summed E-state index contributed by atoms with van der Waals surface area (Å²) >= 11 is 0. The molecule has 2 N–H and O–H groups in total. The maximum Gasteiger partial charge on any atom is 0.328 e. The number of nitrogens with zero attached hydrogens (tertiary/aromatic N) is 1. The summed E-state index contributed by atoms with van der Waals surface area (Å²) in [6.07, 6.45) is 0.644. The van der Waals surface area contributed by atoms with E-state index in [-0.39, 0.29) is 4.90 Å². The minimum absolute atomic E-state index is 0.0674. The van der Waals surface area contributed by atoms with Gasteiger partial charge in [0.15, 0.2) is 0 Å². The second-order valence-electron chi connectivity index (χ2n) is 5.88. The maximum atomic E-state index is 12.1. The molecule has 0 aliphatic heterocycles. The van der Waals surface area contributed by atoms with Crippen LogP contribution in [0.3, 0.4) is 0 Å². The fraction of sp³-hybridized carbons (Fsp3) is 0.353. The standard InChI is InChI=1S/C17H23N3O3S/c1-12-5-7-16(8-6-12)24(22,23)19-17(21)18-10-9-15-11-13(2)20(4)14(15)3/h5-8,11H,9-10H2,1-4H3,(H2,18,19,21). The van der Waals surface area contributed by atoms with Crippen LogP contribution in [0.15, 0.2) is 35.2 Å². The molecule has 24 heavy (non-hydrogen) atoms. The van der Waals surface area contributed by atoms with Gasteiger partial charge in [0.1, 0.15) is 0 Å². The van der Waals surface area contributed by atoms with E-state index in [2.05, 4.69) is 16.0 Å². The topological polar surface area (TPSA) is 80.2 Å². The van der Waals surface area contributed by atoms with Crippen LogP contribution in [-0.2, 0) is 23.5 Å². The molecule has 0 spiro atoms. The molecule has 2 aromatic rings. The van der Waals surface area contributed by atoms with Crippen LogP contribution in [0, 0.1) is 20.8 Å². The van der Waals surface area contributed by atoms with Crippen LogP contribution in [0.4, 0.5) is 4.79 Å². The summed E-state index contributed by atoms with van der Waals surface area (Å²) in [4.78, 5) is 11.9. The van der Waals surface area contributed by atoms with Crippen LogP contribution in [0.5, 0.6) is 0 Å². The Bertz CT molecular complexity index is 837. The number of rotatable bonds is 5. The van der Waals surface area contributed by atoms with Gasteiger partial charge in [-0.2, -0.15) is 0 Å². The Kier molecular flexibility index (Phi) is 5.33. The number of carbonyl (C=O) groups is 1. The molecular weight excluding hydrogens is 326 g/mol. The minimum atomic E-state index is -3.85. The first-order valence-electron chi connectivity index (χ1n) is 7.70. The van der Waals surface area contributed by atoms with E-state index in [0.717, 1.165) is 22.5 Å². The smallest absolute Gasteiger partial charge is 0.328 e. The van der Waals surface area contributed by atoms with Crippen LogP contribution in [-0.4, -0.2) is 25.6 Å². The first kappa shape index (κ1) is 18.1. The number of aryl methyl sites for hydroxylation is 2. The van der Waals surface area contributed by atoms with Gasteiger partial charge in [-0.1, -0.05) is 17.7 Å². The summed E-state index contributed by atoms with van der Waals surface area (Å²) in [5, 5.41) is 2.59. The molecule has 0 unspecified atom stereocenters. The Balaban J connectivity index is 1.91. The number of sulfonamides is 1. The molecule has 1 aromatic heterocycles. The van der Waals surface area contributed by atoms with Crippen molar-refractivity contribution in [2.75, 3.05) is 6.54 Å². The molecule has 2 amide bonds. The molecule has 1 aromatic carbocycles. The second kappa shape index (κ2) is 7.09. The van der Waals surface area contributed by atoms with Crippen molar-refractivity contribution in [3.63, 3.8) is 0 Å². The molecule has 6 nitrogen and oxygen atoms in total. The van der Waals surface area contributed by atoms with Gasteiger partial charge >= 0.3 is 6.03 Å². The van der Waals surface area contributed by atoms with Crippen molar-refractivity contribution in [2.45, 2.75) is 32.1 Å². The number of amides is 2. The largest absolute Gasteiger partial charge is 0.352 e. The van der Waals surface area contributed by atoms with E-state index >= 15 is 0 Å². The highest BCUT2D eigenvalue weighted by molar-refractivity contribution is 7.90. The molecule has 0 aliphatic rings. The van der Waals surface area contributed by atoms with E-state index in [4.69, 9.17) is 0 Å². The minimum Gasteiger partial charge on any atom is -0.352 e. The van der Waals surface area contributed by atoms with E-state index < -0.39 is 16.1 Å². The van der Waals surface area contributed by atoms with Crippen LogP contribution >= 0.6 is 0 Å². The molecule has 2 rings (SSSR count). The number of nitrogens with one attached hydrogen (secondary N) is 2. The van der Waals surface area contributed by atoms with E-state index in [1.54, 1.807) is 12.1 Å². The fourth-order valence-corrected chi connectivity index (χ4v) is 3.36. The van der Waals surface area contributed by atoms with Gasteiger partial charge in [0.05, 0.1) is 4.90 Å². The number of aromatic nitrogens is 1. The van der Waals surface area contributed by atoms with Gasteiger partial charge in [-0.25, -0.2) is 17.9 Å². The number of urea groups is 1. The zero-order valence-corrected chi connectivity index (χ0v) is 15.2. The lowest BCUT2D eigenvalue weighted by molar-refractivity contribution is 0.246. The SMILES string of the molecule is Cc1ccc(S(=O)(=O)NC(=O)NCCc2cc(C)n(C)c2C)cc1. The Labute approximate surface area is 142 Å². The van der Waals surface area contributed by atoms with Crippen molar-refractivity contribution in [3.05, 3.63) is 52.8 Å². The summed E-state index contributed by atoms with van der Waals surface area (Å²) in [5.41, 5.74) is 4.37. The van der Waals surface area contributed by atoms with Crippen molar-refractivity contribution in [3.8, 4) is 0 Å². The average molecular weight is 349 g/mol. The summed E-state index contributed by atoms with van der Waals surface area (Å²) in [6, 6.07) is 7.67. The summed E-state index contributed by atoms with van der Waals surface area (Å²) < 4.78 is 28.3. The average Bonchev–Trinajstić information content (AvgIpc) is 2.74. The van der Waals surface area contributed by atoms with Crippen molar-refractivity contribution in [2.24, 2.45) is 7.05 Å². The first-order chi connectivity index (χ1) is 11.2. The number of benzene rings is 1. The van der Waals surface area contributed by atoms with Crippen LogP contribution in [0.25, 0.3) is 0 Å². The van der Waals surface area contributed by atoms with Crippen LogP contribution in [0.2, 0.25) is 0 Å². The Morgan fingerprint density at radius 1 is 1.12 bits per heavy atom. The van der Waals surface area contributed by atoms with Crippen molar-refractivity contribution < 1.29 is 13.2 Å². The molecule has 0 radical (unpaired) electrons. The van der Waals surface area contributed by atoms with Gasteiger partial charge in [-0.05, 0) is 51.0 Å². The quantitative estimate of drug-likeness (QED) is 0.868. The fourth-order valence-electron chi connectivity index (χ4n) is 2.43. The Morgan fingerprint density at radius 3 is 2.29 bits per heavy atom. The molecule has 0 saturated carbocycles. The van der Waals surface area contributed by atoms with Gasteiger partial charge in [0.2, 0.25) is 0 Å².